The van der Waals surface area contributed by atoms with E-state index >= 15 is 0 Å². The Bertz CT molecular complexity index is 823. The number of hydrogen-bond acceptors (Lipinski definition) is 3. The van der Waals surface area contributed by atoms with Crippen molar-refractivity contribution in [2.45, 2.75) is 52.7 Å². The van der Waals surface area contributed by atoms with Gasteiger partial charge in [0.1, 0.15) is 11.8 Å². The van der Waals surface area contributed by atoms with E-state index in [1.165, 1.54) is 4.90 Å². The molecule has 0 aliphatic heterocycles. The van der Waals surface area contributed by atoms with Gasteiger partial charge in [0.25, 0.3) is 5.91 Å². The molecule has 2 aromatic carbocycles. The van der Waals surface area contributed by atoms with Crippen molar-refractivity contribution in [3.05, 3.63) is 64.7 Å². The Balaban J connectivity index is 2.14. The predicted octanol–water partition coefficient (Wildman–Crippen LogP) is 4.36. The summed E-state index contributed by atoms with van der Waals surface area (Å²) in [5.41, 5.74) is 1.96. The predicted molar refractivity (Wildman–Crippen MR) is 116 cm³/mol. The molecular formula is C23H29ClN2O3. The second-order valence-electron chi connectivity index (χ2n) is 7.25. The Kier molecular flexibility index (Phi) is 8.52. The first-order valence-corrected chi connectivity index (χ1v) is 10.2. The molecule has 0 bridgehead atoms. The molecule has 0 aliphatic rings. The average molecular weight is 417 g/mol. The van der Waals surface area contributed by atoms with Gasteiger partial charge in [-0.05, 0) is 57.0 Å². The van der Waals surface area contributed by atoms with Crippen LogP contribution in [0.5, 0.6) is 5.75 Å². The van der Waals surface area contributed by atoms with E-state index in [1.807, 2.05) is 57.2 Å². The van der Waals surface area contributed by atoms with Crippen LogP contribution in [0.2, 0.25) is 5.02 Å². The summed E-state index contributed by atoms with van der Waals surface area (Å²) in [5.74, 6) is 0.158. The number of rotatable bonds is 9. The van der Waals surface area contributed by atoms with Crippen molar-refractivity contribution in [2.24, 2.45) is 0 Å². The van der Waals surface area contributed by atoms with Crippen molar-refractivity contribution in [2.75, 3.05) is 6.61 Å². The number of amides is 2. The highest BCUT2D eigenvalue weighted by atomic mass is 35.5. The lowest BCUT2D eigenvalue weighted by Gasteiger charge is -2.29. The summed E-state index contributed by atoms with van der Waals surface area (Å²) >= 11 is 6.08. The maximum atomic E-state index is 13.0. The zero-order valence-electron chi connectivity index (χ0n) is 17.4. The van der Waals surface area contributed by atoms with Crippen LogP contribution in [-0.2, 0) is 16.1 Å². The van der Waals surface area contributed by atoms with Gasteiger partial charge in [0.2, 0.25) is 5.91 Å². The maximum absolute atomic E-state index is 13.0. The fraction of sp³-hybridized carbons (Fsp3) is 0.391. The standard InChI is InChI=1S/C23H29ClN2O3/c1-5-17(3)25-23(28)18(4)26(14-19-7-6-8-20(24)13-19)22(27)15-29-21-11-9-16(2)10-12-21/h6-13,17-18H,5,14-15H2,1-4H3,(H,25,28)/t17-,18+/m0/s1. The first-order valence-electron chi connectivity index (χ1n) is 9.84. The van der Waals surface area contributed by atoms with Crippen molar-refractivity contribution < 1.29 is 14.3 Å². The summed E-state index contributed by atoms with van der Waals surface area (Å²) in [7, 11) is 0. The van der Waals surface area contributed by atoms with E-state index in [4.69, 9.17) is 16.3 Å². The van der Waals surface area contributed by atoms with Crippen LogP contribution >= 0.6 is 11.6 Å². The van der Waals surface area contributed by atoms with Crippen molar-refractivity contribution in [3.8, 4) is 5.75 Å². The molecule has 2 atom stereocenters. The van der Waals surface area contributed by atoms with E-state index < -0.39 is 6.04 Å². The molecule has 0 heterocycles. The molecule has 2 amide bonds. The summed E-state index contributed by atoms with van der Waals surface area (Å²) in [4.78, 5) is 27.1. The average Bonchev–Trinajstić information content (AvgIpc) is 2.70. The fourth-order valence-corrected chi connectivity index (χ4v) is 2.96. The van der Waals surface area contributed by atoms with Crippen molar-refractivity contribution in [1.29, 1.82) is 0 Å². The molecule has 2 rings (SSSR count). The third-order valence-electron chi connectivity index (χ3n) is 4.79. The molecular weight excluding hydrogens is 388 g/mol. The Morgan fingerprint density at radius 2 is 1.83 bits per heavy atom. The van der Waals surface area contributed by atoms with Crippen molar-refractivity contribution in [3.63, 3.8) is 0 Å². The van der Waals surface area contributed by atoms with Gasteiger partial charge in [0.05, 0.1) is 0 Å². The smallest absolute Gasteiger partial charge is 0.261 e. The third-order valence-corrected chi connectivity index (χ3v) is 5.03. The topological polar surface area (TPSA) is 58.6 Å². The van der Waals surface area contributed by atoms with E-state index in [9.17, 15) is 9.59 Å². The van der Waals surface area contributed by atoms with E-state index in [-0.39, 0.29) is 31.0 Å². The van der Waals surface area contributed by atoms with Gasteiger partial charge in [-0.1, -0.05) is 48.4 Å². The minimum absolute atomic E-state index is 0.0388. The molecule has 6 heteroatoms. The van der Waals surface area contributed by atoms with E-state index in [1.54, 1.807) is 19.1 Å². The number of halogens is 1. The SMILES string of the molecule is CC[C@H](C)NC(=O)[C@@H](C)N(Cc1cccc(Cl)c1)C(=O)COc1ccc(C)cc1. The van der Waals surface area contributed by atoms with Gasteiger partial charge < -0.3 is 15.0 Å². The Hall–Kier alpha value is -2.53. The minimum Gasteiger partial charge on any atom is -0.484 e. The van der Waals surface area contributed by atoms with Gasteiger partial charge in [-0.25, -0.2) is 0 Å². The van der Waals surface area contributed by atoms with Gasteiger partial charge in [0, 0.05) is 17.6 Å². The Labute approximate surface area is 178 Å². The number of hydrogen-bond donors (Lipinski definition) is 1. The van der Waals surface area contributed by atoms with Crippen LogP contribution in [-0.4, -0.2) is 35.4 Å². The highest BCUT2D eigenvalue weighted by Crippen LogP contribution is 2.16. The summed E-state index contributed by atoms with van der Waals surface area (Å²) in [5, 5.41) is 3.53. The highest BCUT2D eigenvalue weighted by Gasteiger charge is 2.27. The molecule has 5 nitrogen and oxygen atoms in total. The summed E-state index contributed by atoms with van der Waals surface area (Å²) in [6.07, 6.45) is 0.817. The number of benzene rings is 2. The minimum atomic E-state index is -0.642. The Morgan fingerprint density at radius 1 is 1.14 bits per heavy atom. The van der Waals surface area contributed by atoms with E-state index in [2.05, 4.69) is 5.32 Å². The van der Waals surface area contributed by atoms with Crippen molar-refractivity contribution >= 4 is 23.4 Å². The van der Waals surface area contributed by atoms with Gasteiger partial charge in [0.15, 0.2) is 6.61 Å². The summed E-state index contributed by atoms with van der Waals surface area (Å²) in [6.45, 7) is 7.77. The quantitative estimate of drug-likeness (QED) is 0.660. The third kappa shape index (κ3) is 7.09. The molecule has 0 unspecified atom stereocenters. The molecule has 29 heavy (non-hydrogen) atoms. The molecule has 0 spiro atoms. The van der Waals surface area contributed by atoms with Gasteiger partial charge in [-0.15, -0.1) is 0 Å². The second kappa shape index (κ2) is 10.9. The van der Waals surface area contributed by atoms with Crippen molar-refractivity contribution in [1.82, 2.24) is 10.2 Å². The number of aryl methyl sites for hydroxylation is 1. The van der Waals surface area contributed by atoms with Crippen LogP contribution < -0.4 is 10.1 Å². The lowest BCUT2D eigenvalue weighted by Crippen LogP contribution is -2.50. The van der Waals surface area contributed by atoms with Crippen LogP contribution in [0.1, 0.15) is 38.3 Å². The zero-order valence-corrected chi connectivity index (χ0v) is 18.2. The highest BCUT2D eigenvalue weighted by molar-refractivity contribution is 6.30. The molecule has 0 aromatic heterocycles. The largest absolute Gasteiger partial charge is 0.484 e. The molecule has 1 N–H and O–H groups in total. The number of nitrogens with zero attached hydrogens (tertiary/aromatic N) is 1. The normalized spacial score (nSPS) is 12.7. The van der Waals surface area contributed by atoms with Crippen LogP contribution in [0.15, 0.2) is 48.5 Å². The Morgan fingerprint density at radius 3 is 2.45 bits per heavy atom. The van der Waals surface area contributed by atoms with Crippen LogP contribution in [0, 0.1) is 6.92 Å². The van der Waals surface area contributed by atoms with E-state index in [0.717, 1.165) is 17.5 Å². The first kappa shape index (κ1) is 22.8. The number of carbonyl (C=O) groups is 2. The lowest BCUT2D eigenvalue weighted by atomic mass is 10.1. The lowest BCUT2D eigenvalue weighted by molar-refractivity contribution is -0.142. The maximum Gasteiger partial charge on any atom is 0.261 e. The molecule has 0 radical (unpaired) electrons. The molecule has 2 aromatic rings. The van der Waals surface area contributed by atoms with Gasteiger partial charge in [-0.3, -0.25) is 9.59 Å². The molecule has 0 saturated heterocycles. The summed E-state index contributed by atoms with van der Waals surface area (Å²) < 4.78 is 5.65. The zero-order chi connectivity index (χ0) is 21.4. The van der Waals surface area contributed by atoms with Gasteiger partial charge in [-0.2, -0.15) is 0 Å². The van der Waals surface area contributed by atoms with E-state index in [0.29, 0.717) is 10.8 Å². The monoisotopic (exact) mass is 416 g/mol. The fourth-order valence-electron chi connectivity index (χ4n) is 2.74. The van der Waals surface area contributed by atoms with Crippen LogP contribution in [0.3, 0.4) is 0 Å². The first-order chi connectivity index (χ1) is 13.8. The van der Waals surface area contributed by atoms with Gasteiger partial charge >= 0.3 is 0 Å². The molecule has 156 valence electrons. The molecule has 0 saturated carbocycles. The summed E-state index contributed by atoms with van der Waals surface area (Å²) in [6, 6.07) is 14.2. The molecule has 0 aliphatic carbocycles. The number of ether oxygens (including phenoxy) is 1. The number of carbonyl (C=O) groups excluding carboxylic acids is 2. The molecule has 0 fully saturated rings. The number of nitrogens with one attached hydrogen (secondary N) is 1. The van der Waals surface area contributed by atoms with Crippen LogP contribution in [0.25, 0.3) is 0 Å². The second-order valence-corrected chi connectivity index (χ2v) is 7.68. The van der Waals surface area contributed by atoms with Crippen LogP contribution in [0.4, 0.5) is 0 Å².